The zero-order valence-electron chi connectivity index (χ0n) is 21.6. The van der Waals surface area contributed by atoms with Crippen molar-refractivity contribution in [2.45, 2.75) is 0 Å². The van der Waals surface area contributed by atoms with Crippen LogP contribution in [0.1, 0.15) is 0 Å². The molecule has 7 aromatic rings. The minimum absolute atomic E-state index is 0. The van der Waals surface area contributed by atoms with E-state index in [2.05, 4.69) is 9.97 Å². The number of nitrogens with one attached hydrogen (secondary N) is 2. The monoisotopic (exact) mass is 607 g/mol. The Balaban J connectivity index is 0.00000267. The molecule has 42 heavy (non-hydrogen) atoms. The number of H-pyrrole nitrogens is 2. The van der Waals surface area contributed by atoms with Crippen LogP contribution in [0.2, 0.25) is 5.02 Å². The molecule has 4 aromatic carbocycles. The fourth-order valence-electron chi connectivity index (χ4n) is 5.65. The van der Waals surface area contributed by atoms with Crippen LogP contribution in [-0.2, 0) is 16.8 Å². The molecule has 9 rings (SSSR count). The summed E-state index contributed by atoms with van der Waals surface area (Å²) in [4.78, 5) is 36.6. The molecule has 0 saturated carbocycles. The van der Waals surface area contributed by atoms with Gasteiger partial charge in [-0.25, -0.2) is 29.9 Å². The molecule has 0 aliphatic carbocycles. The van der Waals surface area contributed by atoms with E-state index in [1.165, 1.54) is 0 Å². The summed E-state index contributed by atoms with van der Waals surface area (Å²) < 4.78 is 0. The van der Waals surface area contributed by atoms with Crippen molar-refractivity contribution in [3.63, 3.8) is 0 Å². The zero-order valence-corrected chi connectivity index (χ0v) is 23.4. The van der Waals surface area contributed by atoms with Gasteiger partial charge in [0.1, 0.15) is 22.6 Å². The molecule has 2 N–H and O–H groups in total. The summed E-state index contributed by atoms with van der Waals surface area (Å²) in [5.74, 6) is 2.24. The number of hydrogen-bond acceptors (Lipinski definition) is 6. The largest absolute Gasteiger partial charge is 2.00 e. The molecule has 5 heterocycles. The molecule has 0 unspecified atom stereocenters. The second kappa shape index (κ2) is 9.28. The molecule has 8 nitrogen and oxygen atoms in total. The second-order valence-electron chi connectivity index (χ2n) is 9.91. The van der Waals surface area contributed by atoms with Crippen LogP contribution < -0.4 is 0 Å². The molecule has 0 saturated heterocycles. The minimum atomic E-state index is 0. The Kier molecular flexibility index (Phi) is 5.48. The SMILES string of the molecule is Clc1cccc2c3nc4nc(nc5[nH]c(nc6nc(nc([nH]3)c12)-c1ccccc1-6)c1ccccc51)-c1ccccc1-4.[Co+2]. The number of nitrogens with zero attached hydrogens (tertiary/aromatic N) is 6. The van der Waals surface area contributed by atoms with Gasteiger partial charge in [-0.3, -0.25) is 0 Å². The van der Waals surface area contributed by atoms with Crippen LogP contribution in [-0.4, -0.2) is 39.9 Å². The van der Waals surface area contributed by atoms with E-state index in [9.17, 15) is 0 Å². The predicted molar refractivity (Wildman–Crippen MR) is 161 cm³/mol. The summed E-state index contributed by atoms with van der Waals surface area (Å²) >= 11 is 6.73. The first-order chi connectivity index (χ1) is 20.2. The molecule has 8 bridgehead atoms. The fourth-order valence-corrected chi connectivity index (χ4v) is 5.91. The van der Waals surface area contributed by atoms with Gasteiger partial charge in [-0.2, -0.15) is 0 Å². The third kappa shape index (κ3) is 3.61. The molecule has 3 aromatic heterocycles. The summed E-state index contributed by atoms with van der Waals surface area (Å²) in [7, 11) is 0. The summed E-state index contributed by atoms with van der Waals surface area (Å²) in [5, 5.41) is 4.05. The van der Waals surface area contributed by atoms with Crippen molar-refractivity contribution in [1.29, 1.82) is 0 Å². The first-order valence-electron chi connectivity index (χ1n) is 13.1. The third-order valence-corrected chi connectivity index (χ3v) is 7.84. The van der Waals surface area contributed by atoms with Crippen molar-refractivity contribution < 1.29 is 16.8 Å². The van der Waals surface area contributed by atoms with E-state index in [0.717, 1.165) is 43.8 Å². The molecule has 1 radical (unpaired) electrons. The number of hydrogen-bond donors (Lipinski definition) is 2. The standard InChI is InChI=1S/C32H17ClN8.Co/c33-23-15-7-14-22-24(23)32-40-30-21-13-6-5-12-20(21)28(38-30)36-26-17-9-2-1-8-16(17)25(34-26)35-27-18-10-3-4-11-19(18)29(37-27)39-31(22)41-32;/h1-15H,(H2,34,35,36,37,38,39,40,41);/q;+2. The van der Waals surface area contributed by atoms with Gasteiger partial charge >= 0.3 is 16.8 Å². The number of fused-ring (bicyclic) bond motifs is 20. The first-order valence-corrected chi connectivity index (χ1v) is 13.5. The van der Waals surface area contributed by atoms with E-state index in [4.69, 9.17) is 41.5 Å². The molecular formula is C32H17ClCoN8+2. The number of rotatable bonds is 0. The zero-order chi connectivity index (χ0) is 27.1. The molecule has 0 atom stereocenters. The van der Waals surface area contributed by atoms with Crippen LogP contribution in [0, 0.1) is 0 Å². The second-order valence-corrected chi connectivity index (χ2v) is 10.3. The molecule has 199 valence electrons. The van der Waals surface area contributed by atoms with Crippen molar-refractivity contribution in [3.05, 3.63) is 96.0 Å². The molecule has 0 amide bonds. The maximum Gasteiger partial charge on any atom is 2.00 e. The molecular weight excluding hydrogens is 591 g/mol. The van der Waals surface area contributed by atoms with Crippen molar-refractivity contribution in [2.75, 3.05) is 0 Å². The van der Waals surface area contributed by atoms with Crippen molar-refractivity contribution in [2.24, 2.45) is 0 Å². The van der Waals surface area contributed by atoms with Crippen molar-refractivity contribution >= 4 is 55.7 Å². The van der Waals surface area contributed by atoms with Gasteiger partial charge in [0.05, 0.1) is 5.02 Å². The molecule has 0 spiro atoms. The Morgan fingerprint density at radius 2 is 0.786 bits per heavy atom. The Morgan fingerprint density at radius 3 is 1.29 bits per heavy atom. The van der Waals surface area contributed by atoms with Crippen LogP contribution in [0.3, 0.4) is 0 Å². The predicted octanol–water partition coefficient (Wildman–Crippen LogP) is 7.52. The van der Waals surface area contributed by atoms with E-state index in [1.807, 2.05) is 91.0 Å². The average molecular weight is 608 g/mol. The van der Waals surface area contributed by atoms with Gasteiger partial charge in [0.2, 0.25) is 0 Å². The number of aromatic nitrogens is 8. The van der Waals surface area contributed by atoms with Gasteiger partial charge in [0, 0.05) is 43.8 Å². The van der Waals surface area contributed by atoms with E-state index >= 15 is 0 Å². The van der Waals surface area contributed by atoms with Gasteiger partial charge in [-0.15, -0.1) is 0 Å². The van der Waals surface area contributed by atoms with Gasteiger partial charge < -0.3 is 9.97 Å². The Bertz CT molecular complexity index is 2410. The van der Waals surface area contributed by atoms with Crippen LogP contribution in [0.4, 0.5) is 0 Å². The van der Waals surface area contributed by atoms with Gasteiger partial charge in [-0.1, -0.05) is 96.5 Å². The van der Waals surface area contributed by atoms with Crippen LogP contribution in [0.15, 0.2) is 91.0 Å². The average Bonchev–Trinajstić information content (AvgIpc) is 3.73. The number of halogens is 1. The van der Waals surface area contributed by atoms with E-state index < -0.39 is 0 Å². The normalized spacial score (nSPS) is 11.7. The Hall–Kier alpha value is -4.96. The summed E-state index contributed by atoms with van der Waals surface area (Å²) in [6.07, 6.45) is 0. The van der Waals surface area contributed by atoms with E-state index in [-0.39, 0.29) is 16.8 Å². The van der Waals surface area contributed by atoms with Crippen molar-refractivity contribution in [1.82, 2.24) is 39.9 Å². The van der Waals surface area contributed by atoms with Crippen LogP contribution in [0.5, 0.6) is 0 Å². The maximum atomic E-state index is 6.73. The van der Waals surface area contributed by atoms with Crippen LogP contribution >= 0.6 is 11.6 Å². The first kappa shape index (κ1) is 24.8. The third-order valence-electron chi connectivity index (χ3n) is 7.53. The fraction of sp³-hybridized carbons (Fsp3) is 0. The van der Waals surface area contributed by atoms with E-state index in [0.29, 0.717) is 50.9 Å². The van der Waals surface area contributed by atoms with Crippen LogP contribution in [0.25, 0.3) is 89.7 Å². The topological polar surface area (TPSA) is 109 Å². The minimum Gasteiger partial charge on any atom is -0.324 e. The molecule has 2 aliphatic heterocycles. The summed E-state index contributed by atoms with van der Waals surface area (Å²) in [5.41, 5.74) is 6.09. The maximum absolute atomic E-state index is 6.73. The van der Waals surface area contributed by atoms with E-state index in [1.54, 1.807) is 0 Å². The quantitative estimate of drug-likeness (QED) is 0.185. The molecule has 2 aliphatic rings. The summed E-state index contributed by atoms with van der Waals surface area (Å²) in [6, 6.07) is 29.7. The number of aromatic amines is 2. The Labute approximate surface area is 253 Å². The van der Waals surface area contributed by atoms with Gasteiger partial charge in [0.25, 0.3) is 0 Å². The van der Waals surface area contributed by atoms with Gasteiger partial charge in [0.15, 0.2) is 23.3 Å². The number of benzene rings is 4. The van der Waals surface area contributed by atoms with Crippen molar-refractivity contribution in [3.8, 4) is 45.6 Å². The summed E-state index contributed by atoms with van der Waals surface area (Å²) in [6.45, 7) is 0. The Morgan fingerprint density at radius 1 is 0.405 bits per heavy atom. The van der Waals surface area contributed by atoms with Gasteiger partial charge in [-0.05, 0) is 6.07 Å². The molecule has 10 heteroatoms. The molecule has 0 fully saturated rings. The smallest absolute Gasteiger partial charge is 0.324 e.